The first kappa shape index (κ1) is 28.7. The number of halogens is 3. The summed E-state index contributed by atoms with van der Waals surface area (Å²) in [6.07, 6.45) is 1.54. The molecule has 7 nitrogen and oxygen atoms in total. The van der Waals surface area contributed by atoms with Crippen LogP contribution in [0, 0.1) is 31.3 Å². The largest absolute Gasteiger partial charge is 0.366 e. The van der Waals surface area contributed by atoms with Gasteiger partial charge in [-0.05, 0) is 85.0 Å². The molecule has 0 unspecified atom stereocenters. The van der Waals surface area contributed by atoms with Crippen molar-refractivity contribution >= 4 is 23.2 Å². The number of hydrogen-bond donors (Lipinski definition) is 2. The number of anilines is 2. The highest BCUT2D eigenvalue weighted by atomic mass is 19.1. The highest BCUT2D eigenvalue weighted by Gasteiger charge is 2.28. The summed E-state index contributed by atoms with van der Waals surface area (Å²) in [5, 5.41) is 3.01. The Labute approximate surface area is 241 Å². The molecule has 0 bridgehead atoms. The lowest BCUT2D eigenvalue weighted by atomic mass is 9.94. The third kappa shape index (κ3) is 5.93. The van der Waals surface area contributed by atoms with E-state index in [1.807, 2.05) is 25.8 Å². The molecular formula is C32H30F3N5O2. The summed E-state index contributed by atoms with van der Waals surface area (Å²) in [5.41, 5.74) is 10.9. The molecule has 3 aromatic carbocycles. The third-order valence-corrected chi connectivity index (χ3v) is 7.47. The van der Waals surface area contributed by atoms with Crippen LogP contribution < -0.4 is 20.9 Å². The summed E-state index contributed by atoms with van der Waals surface area (Å²) < 4.78 is 42.5. The van der Waals surface area contributed by atoms with E-state index in [-0.39, 0.29) is 24.4 Å². The van der Waals surface area contributed by atoms with E-state index in [9.17, 15) is 22.8 Å². The molecule has 0 saturated carbocycles. The second-order valence-electron chi connectivity index (χ2n) is 10.6. The molecule has 4 aromatic rings. The number of rotatable bonds is 8. The van der Waals surface area contributed by atoms with Gasteiger partial charge in [-0.15, -0.1) is 0 Å². The minimum atomic E-state index is -0.929. The maximum atomic E-state index is 14.3. The van der Waals surface area contributed by atoms with Crippen LogP contribution in [0.1, 0.15) is 38.8 Å². The first-order valence-electron chi connectivity index (χ1n) is 13.4. The van der Waals surface area contributed by atoms with Gasteiger partial charge in [0.25, 0.3) is 5.91 Å². The van der Waals surface area contributed by atoms with Gasteiger partial charge in [0.2, 0.25) is 5.91 Å². The van der Waals surface area contributed by atoms with E-state index in [0.717, 1.165) is 34.6 Å². The molecule has 0 radical (unpaired) electrons. The molecule has 1 atom stereocenters. The van der Waals surface area contributed by atoms with Crippen molar-refractivity contribution in [2.45, 2.75) is 26.3 Å². The summed E-state index contributed by atoms with van der Waals surface area (Å²) in [4.78, 5) is 33.9. The van der Waals surface area contributed by atoms with Gasteiger partial charge in [0.05, 0.1) is 41.9 Å². The number of primary amides is 1. The zero-order valence-electron chi connectivity index (χ0n) is 23.4. The Morgan fingerprint density at radius 1 is 0.976 bits per heavy atom. The molecular weight excluding hydrogens is 543 g/mol. The topological polar surface area (TPSA) is 91.6 Å². The molecule has 3 N–H and O–H groups in total. The maximum Gasteiger partial charge on any atom is 0.251 e. The third-order valence-electron chi connectivity index (χ3n) is 7.47. The summed E-state index contributed by atoms with van der Waals surface area (Å²) in [7, 11) is 1.95. The first-order valence-corrected chi connectivity index (χ1v) is 13.4. The number of nitrogens with one attached hydrogen (secondary N) is 1. The zero-order valence-corrected chi connectivity index (χ0v) is 23.4. The number of pyridine rings is 1. The van der Waals surface area contributed by atoms with Gasteiger partial charge in [0.15, 0.2) is 0 Å². The zero-order chi connectivity index (χ0) is 30.1. The van der Waals surface area contributed by atoms with Gasteiger partial charge in [-0.25, -0.2) is 13.2 Å². The second kappa shape index (κ2) is 11.6. The molecule has 1 aliphatic rings. The lowest BCUT2D eigenvalue weighted by Gasteiger charge is -2.24. The Bertz CT molecular complexity index is 1670. The monoisotopic (exact) mass is 573 g/mol. The summed E-state index contributed by atoms with van der Waals surface area (Å²) in [6.45, 7) is 4.59. The molecule has 5 rings (SSSR count). The van der Waals surface area contributed by atoms with Crippen LogP contribution >= 0.6 is 0 Å². The summed E-state index contributed by atoms with van der Waals surface area (Å²) >= 11 is 0. The molecule has 1 aromatic heterocycles. The molecule has 42 heavy (non-hydrogen) atoms. The van der Waals surface area contributed by atoms with Crippen LogP contribution in [0.15, 0.2) is 66.9 Å². The Kier molecular flexibility index (Phi) is 7.89. The van der Waals surface area contributed by atoms with E-state index >= 15 is 0 Å². The first-order chi connectivity index (χ1) is 20.0. The van der Waals surface area contributed by atoms with Crippen molar-refractivity contribution in [1.29, 1.82) is 0 Å². The normalized spacial score (nSPS) is 13.2. The van der Waals surface area contributed by atoms with Crippen LogP contribution in [0.5, 0.6) is 0 Å². The van der Waals surface area contributed by atoms with Crippen LogP contribution in [0.2, 0.25) is 0 Å². The number of aromatic nitrogens is 1. The van der Waals surface area contributed by atoms with Gasteiger partial charge in [-0.2, -0.15) is 0 Å². The molecule has 0 fully saturated rings. The van der Waals surface area contributed by atoms with Gasteiger partial charge < -0.3 is 20.9 Å². The van der Waals surface area contributed by atoms with E-state index < -0.39 is 29.4 Å². The number of nitrogens with two attached hydrogens (primary N) is 1. The smallest absolute Gasteiger partial charge is 0.251 e. The van der Waals surface area contributed by atoms with E-state index in [1.165, 1.54) is 30.5 Å². The number of nitrogens with zero attached hydrogens (tertiary/aromatic N) is 3. The number of hydrogen-bond acceptors (Lipinski definition) is 5. The van der Waals surface area contributed by atoms with E-state index in [0.29, 0.717) is 29.1 Å². The maximum absolute atomic E-state index is 14.3. The fourth-order valence-corrected chi connectivity index (χ4v) is 5.30. The second-order valence-corrected chi connectivity index (χ2v) is 10.6. The summed E-state index contributed by atoms with van der Waals surface area (Å²) in [5.74, 6) is -3.52. The van der Waals surface area contributed by atoms with E-state index in [4.69, 9.17) is 5.73 Å². The average molecular weight is 574 g/mol. The highest BCUT2D eigenvalue weighted by Crippen LogP contribution is 2.37. The molecule has 216 valence electrons. The molecule has 2 amide bonds. The van der Waals surface area contributed by atoms with Crippen LogP contribution in [0.3, 0.4) is 0 Å². The van der Waals surface area contributed by atoms with Crippen LogP contribution in [-0.4, -0.2) is 37.1 Å². The molecule has 0 saturated heterocycles. The number of carbonyl (C=O) groups excluding carboxylic acids is 2. The fraction of sp³-hybridized carbons (Fsp3) is 0.219. The van der Waals surface area contributed by atoms with Gasteiger partial charge >= 0.3 is 0 Å². The number of carbonyl (C=O) groups is 2. The van der Waals surface area contributed by atoms with Gasteiger partial charge in [-0.1, -0.05) is 12.1 Å². The predicted molar refractivity (Wildman–Crippen MR) is 156 cm³/mol. The minimum Gasteiger partial charge on any atom is -0.366 e. The molecule has 0 spiro atoms. The lowest BCUT2D eigenvalue weighted by Crippen LogP contribution is -2.41. The van der Waals surface area contributed by atoms with Crippen LogP contribution in [0.4, 0.5) is 24.5 Å². The number of aryl methyl sites for hydroxylation is 2. The van der Waals surface area contributed by atoms with Gasteiger partial charge in [0.1, 0.15) is 17.5 Å². The number of fused-ring (bicyclic) bond motifs is 1. The minimum absolute atomic E-state index is 0.0170. The molecule has 10 heteroatoms. The van der Waals surface area contributed by atoms with Crippen molar-refractivity contribution < 1.29 is 22.8 Å². The lowest BCUT2D eigenvalue weighted by molar-refractivity contribution is -0.120. The highest BCUT2D eigenvalue weighted by molar-refractivity contribution is 5.94. The Morgan fingerprint density at radius 2 is 1.67 bits per heavy atom. The fourth-order valence-electron chi connectivity index (χ4n) is 5.30. The quantitative estimate of drug-likeness (QED) is 0.303. The van der Waals surface area contributed by atoms with Gasteiger partial charge in [0, 0.05) is 24.9 Å². The Hall–Kier alpha value is -4.86. The van der Waals surface area contributed by atoms with Crippen LogP contribution in [0.25, 0.3) is 11.1 Å². The van der Waals surface area contributed by atoms with Crippen molar-refractivity contribution in [2.75, 3.05) is 30.1 Å². The summed E-state index contributed by atoms with van der Waals surface area (Å²) in [6, 6.07) is 13.8. The predicted octanol–water partition coefficient (Wildman–Crippen LogP) is 5.20. The Balaban J connectivity index is 1.50. The molecule has 1 aliphatic heterocycles. The SMILES string of the molecule is Cc1cc2c(cc1C)N(CC(=O)N[C@@H](Cc1cc(F)cc(F)c1)c1ncccc1-c1ccc(F)c(C(N)=O)c1)CN2C. The van der Waals surface area contributed by atoms with E-state index in [1.54, 1.807) is 12.1 Å². The Morgan fingerprint density at radius 3 is 2.36 bits per heavy atom. The van der Waals surface area contributed by atoms with Crippen molar-refractivity contribution in [1.82, 2.24) is 10.3 Å². The van der Waals surface area contributed by atoms with Crippen LogP contribution in [-0.2, 0) is 11.2 Å². The molecule has 0 aliphatic carbocycles. The van der Waals surface area contributed by atoms with Crippen molar-refractivity contribution in [3.63, 3.8) is 0 Å². The average Bonchev–Trinajstić information content (AvgIpc) is 3.21. The number of amides is 2. The van der Waals surface area contributed by atoms with Crippen molar-refractivity contribution in [3.8, 4) is 11.1 Å². The van der Waals surface area contributed by atoms with Crippen molar-refractivity contribution in [2.24, 2.45) is 5.73 Å². The van der Waals surface area contributed by atoms with Gasteiger partial charge in [-0.3, -0.25) is 14.6 Å². The van der Waals surface area contributed by atoms with Crippen molar-refractivity contribution in [3.05, 3.63) is 112 Å². The molecule has 2 heterocycles. The standard InChI is InChI=1S/C32H30F3N5O2/c1-18-9-28-29(10-19(18)2)40(17-39(28)3)16-30(41)38-27(13-20-11-22(33)15-23(34)12-20)31-24(5-4-8-37-31)21-6-7-26(35)25(14-21)32(36)42/h4-12,14-15,27H,13,16-17H2,1-3H3,(H2,36,42)(H,38,41)/t27-/m0/s1. The number of benzene rings is 3. The van der Waals surface area contributed by atoms with E-state index in [2.05, 4.69) is 27.3 Å².